The number of nitrogens with zero attached hydrogens (tertiary/aromatic N) is 2. The molecule has 1 aromatic heterocycles. The zero-order valence-electron chi connectivity index (χ0n) is 12.5. The van der Waals surface area contributed by atoms with E-state index in [0.29, 0.717) is 6.04 Å². The Balaban J connectivity index is 1.69. The summed E-state index contributed by atoms with van der Waals surface area (Å²) in [7, 11) is 2.07. The summed E-state index contributed by atoms with van der Waals surface area (Å²) in [6.45, 7) is 5.40. The maximum atomic E-state index is 4.48. The van der Waals surface area contributed by atoms with E-state index in [1.807, 2.05) is 0 Å². The zero-order valence-corrected chi connectivity index (χ0v) is 12.5. The first-order chi connectivity index (χ1) is 9.20. The van der Waals surface area contributed by atoms with E-state index in [1.54, 1.807) is 0 Å². The molecule has 0 bridgehead atoms. The first-order valence-electron chi connectivity index (χ1n) is 7.93. The third-order valence-corrected chi connectivity index (χ3v) is 5.18. The second kappa shape index (κ2) is 5.28. The van der Waals surface area contributed by atoms with Crippen LogP contribution >= 0.6 is 0 Å². The number of fused-ring (bicyclic) bond motifs is 1. The number of aryl methyl sites for hydroxylation is 2. The molecule has 1 N–H and O–H groups in total. The molecule has 0 radical (unpaired) electrons. The molecule has 1 heterocycles. The summed E-state index contributed by atoms with van der Waals surface area (Å²) in [6.07, 6.45) is 7.01. The lowest BCUT2D eigenvalue weighted by molar-refractivity contribution is 0.428. The third kappa shape index (κ3) is 2.58. The van der Waals surface area contributed by atoms with E-state index in [2.05, 4.69) is 42.1 Å². The van der Waals surface area contributed by atoms with Gasteiger partial charge in [0.15, 0.2) is 0 Å². The van der Waals surface area contributed by atoms with Crippen LogP contribution in [0, 0.1) is 24.7 Å². The summed E-state index contributed by atoms with van der Waals surface area (Å²) < 4.78 is 2.06. The van der Waals surface area contributed by atoms with E-state index in [-0.39, 0.29) is 0 Å². The van der Waals surface area contributed by atoms with E-state index >= 15 is 0 Å². The van der Waals surface area contributed by atoms with Crippen LogP contribution in [0.2, 0.25) is 0 Å². The average molecular weight is 261 g/mol. The maximum absolute atomic E-state index is 4.48. The van der Waals surface area contributed by atoms with Crippen molar-refractivity contribution in [1.29, 1.82) is 0 Å². The molecule has 3 nitrogen and oxygen atoms in total. The minimum Gasteiger partial charge on any atom is -0.314 e. The van der Waals surface area contributed by atoms with Gasteiger partial charge in [-0.1, -0.05) is 19.8 Å². The quantitative estimate of drug-likeness (QED) is 0.883. The molecule has 2 aliphatic carbocycles. The molecule has 0 aliphatic heterocycles. The van der Waals surface area contributed by atoms with Gasteiger partial charge in [0, 0.05) is 25.2 Å². The molecule has 2 fully saturated rings. The smallest absolute Gasteiger partial charge is 0.0596 e. The van der Waals surface area contributed by atoms with Crippen molar-refractivity contribution in [1.82, 2.24) is 15.1 Å². The van der Waals surface area contributed by atoms with Crippen LogP contribution in [0.3, 0.4) is 0 Å². The van der Waals surface area contributed by atoms with Gasteiger partial charge in [-0.3, -0.25) is 4.68 Å². The fraction of sp³-hybridized carbons (Fsp3) is 0.812. The molecule has 3 unspecified atom stereocenters. The second-order valence-corrected chi connectivity index (χ2v) is 6.46. The largest absolute Gasteiger partial charge is 0.314 e. The van der Waals surface area contributed by atoms with Crippen LogP contribution in [-0.4, -0.2) is 22.4 Å². The van der Waals surface area contributed by atoms with Gasteiger partial charge >= 0.3 is 0 Å². The molecule has 106 valence electrons. The summed E-state index contributed by atoms with van der Waals surface area (Å²) in [5.74, 6) is 2.97. The number of hydrogen-bond donors (Lipinski definition) is 1. The molecular weight excluding hydrogens is 234 g/mol. The van der Waals surface area contributed by atoms with Crippen LogP contribution in [-0.2, 0) is 13.5 Å². The monoisotopic (exact) mass is 261 g/mol. The average Bonchev–Trinajstić information content (AvgIpc) is 3.02. The van der Waals surface area contributed by atoms with Gasteiger partial charge in [-0.05, 0) is 50.1 Å². The highest BCUT2D eigenvalue weighted by molar-refractivity contribution is 5.13. The summed E-state index contributed by atoms with van der Waals surface area (Å²) in [4.78, 5) is 0. The van der Waals surface area contributed by atoms with Crippen LogP contribution < -0.4 is 5.32 Å². The van der Waals surface area contributed by atoms with E-state index in [9.17, 15) is 0 Å². The Labute approximate surface area is 116 Å². The minimum absolute atomic E-state index is 0.660. The van der Waals surface area contributed by atoms with Gasteiger partial charge in [-0.25, -0.2) is 0 Å². The van der Waals surface area contributed by atoms with Crippen molar-refractivity contribution in [3.63, 3.8) is 0 Å². The lowest BCUT2D eigenvalue weighted by atomic mass is 10.0. The van der Waals surface area contributed by atoms with Gasteiger partial charge in [0.2, 0.25) is 0 Å². The van der Waals surface area contributed by atoms with Crippen LogP contribution in [0.5, 0.6) is 0 Å². The molecular formula is C16H27N3. The van der Waals surface area contributed by atoms with E-state index in [4.69, 9.17) is 0 Å². The number of aromatic nitrogens is 2. The molecule has 0 saturated heterocycles. The van der Waals surface area contributed by atoms with Crippen LogP contribution in [0.15, 0.2) is 6.07 Å². The summed E-state index contributed by atoms with van der Waals surface area (Å²) in [5, 5.41) is 8.23. The molecule has 0 aromatic carbocycles. The molecule has 3 rings (SSSR count). The molecule has 2 saturated carbocycles. The van der Waals surface area contributed by atoms with Crippen molar-refractivity contribution >= 4 is 0 Å². The lowest BCUT2D eigenvalue weighted by Crippen LogP contribution is -2.34. The highest BCUT2D eigenvalue weighted by atomic mass is 15.3. The Kier molecular flexibility index (Phi) is 3.66. The highest BCUT2D eigenvalue weighted by Crippen LogP contribution is 2.57. The Morgan fingerprint density at radius 2 is 2.05 bits per heavy atom. The van der Waals surface area contributed by atoms with E-state index < -0.39 is 0 Å². The Bertz CT molecular complexity index is 425. The molecule has 3 heteroatoms. The predicted octanol–water partition coefficient (Wildman–Crippen LogP) is 2.69. The minimum atomic E-state index is 0.660. The normalized spacial score (nSPS) is 31.0. The van der Waals surface area contributed by atoms with Crippen LogP contribution in [0.4, 0.5) is 0 Å². The van der Waals surface area contributed by atoms with Crippen molar-refractivity contribution in [2.45, 2.75) is 52.0 Å². The van der Waals surface area contributed by atoms with Crippen molar-refractivity contribution in [2.75, 3.05) is 6.54 Å². The molecule has 3 atom stereocenters. The molecule has 1 aromatic rings. The number of nitrogens with one attached hydrogen (secondary N) is 1. The number of likely N-dealkylation sites (N-methyl/N-ethyl adjacent to an activating group) is 1. The molecule has 19 heavy (non-hydrogen) atoms. The van der Waals surface area contributed by atoms with Crippen LogP contribution in [0.1, 0.15) is 44.0 Å². The van der Waals surface area contributed by atoms with E-state index in [1.165, 1.54) is 31.4 Å². The summed E-state index contributed by atoms with van der Waals surface area (Å²) in [5.41, 5.74) is 2.52. The predicted molar refractivity (Wildman–Crippen MR) is 78.1 cm³/mol. The SMILES string of the molecule is CCNC(Cc1cc(C)nn1C)C1C2CCCCC21. The van der Waals surface area contributed by atoms with Crippen molar-refractivity contribution in [3.05, 3.63) is 17.5 Å². The van der Waals surface area contributed by atoms with Crippen molar-refractivity contribution in [3.8, 4) is 0 Å². The van der Waals surface area contributed by atoms with E-state index in [0.717, 1.165) is 36.4 Å². The third-order valence-electron chi connectivity index (χ3n) is 5.18. The van der Waals surface area contributed by atoms with Gasteiger partial charge in [0.1, 0.15) is 0 Å². The zero-order chi connectivity index (χ0) is 13.4. The lowest BCUT2D eigenvalue weighted by Gasteiger charge is -2.18. The fourth-order valence-electron chi connectivity index (χ4n) is 4.33. The van der Waals surface area contributed by atoms with Gasteiger partial charge in [-0.15, -0.1) is 0 Å². The Morgan fingerprint density at radius 1 is 1.37 bits per heavy atom. The molecule has 0 spiro atoms. The standard InChI is InChI=1S/C16H27N3/c1-4-17-15(10-12-9-11(2)18-19(12)3)16-13-7-5-6-8-14(13)16/h9,13-17H,4-8,10H2,1-3H3. The van der Waals surface area contributed by atoms with Gasteiger partial charge in [0.05, 0.1) is 5.69 Å². The summed E-state index contributed by atoms with van der Waals surface area (Å²) >= 11 is 0. The molecule has 0 amide bonds. The maximum Gasteiger partial charge on any atom is 0.0596 e. The molecule has 2 aliphatic rings. The fourth-order valence-corrected chi connectivity index (χ4v) is 4.33. The second-order valence-electron chi connectivity index (χ2n) is 6.46. The number of hydrogen-bond acceptors (Lipinski definition) is 2. The van der Waals surface area contributed by atoms with Crippen LogP contribution in [0.25, 0.3) is 0 Å². The Morgan fingerprint density at radius 3 is 2.58 bits per heavy atom. The topological polar surface area (TPSA) is 29.9 Å². The highest BCUT2D eigenvalue weighted by Gasteiger charge is 2.53. The first-order valence-corrected chi connectivity index (χ1v) is 7.93. The summed E-state index contributed by atoms with van der Waals surface area (Å²) in [6, 6.07) is 2.91. The van der Waals surface area contributed by atoms with Gasteiger partial charge < -0.3 is 5.32 Å². The van der Waals surface area contributed by atoms with Crippen molar-refractivity contribution in [2.24, 2.45) is 24.8 Å². The Hall–Kier alpha value is -0.830. The van der Waals surface area contributed by atoms with Gasteiger partial charge in [0.25, 0.3) is 0 Å². The van der Waals surface area contributed by atoms with Crippen molar-refractivity contribution < 1.29 is 0 Å². The van der Waals surface area contributed by atoms with Gasteiger partial charge in [-0.2, -0.15) is 5.10 Å². The number of rotatable bonds is 5. The first kappa shape index (κ1) is 13.2.